The van der Waals surface area contributed by atoms with Crippen LogP contribution < -0.4 is 11.1 Å². The topological polar surface area (TPSA) is 12.9 Å². The monoisotopic (exact) mass is 569 g/mol. The zero-order chi connectivity index (χ0) is 30.4. The van der Waals surface area contributed by atoms with Crippen LogP contribution in [0.15, 0.2) is 58.3 Å². The van der Waals surface area contributed by atoms with Crippen molar-refractivity contribution in [2.45, 2.75) is 91.4 Å². The molecule has 1 nitrogen and oxygen atoms in total. The molecular weight excluding hydrogens is 524 g/mol. The van der Waals surface area contributed by atoms with Gasteiger partial charge in [0.05, 0.1) is 5.69 Å². The van der Waals surface area contributed by atoms with E-state index in [0.29, 0.717) is 0 Å². The highest BCUT2D eigenvalue weighted by Gasteiger charge is 2.29. The largest absolute Gasteiger partial charge is 0.263 e. The molecule has 0 saturated carbocycles. The molecule has 2 heterocycles. The van der Waals surface area contributed by atoms with Gasteiger partial charge in [-0.15, -0.1) is 0 Å². The summed E-state index contributed by atoms with van der Waals surface area (Å²) in [6.45, 7) is 21.1. The van der Waals surface area contributed by atoms with E-state index < -0.39 is 0 Å². The summed E-state index contributed by atoms with van der Waals surface area (Å²) in [6, 6.07) is 19.0. The number of hydrogen-bond donors (Lipinski definition) is 0. The second-order valence-electron chi connectivity index (χ2n) is 16.4. The van der Waals surface area contributed by atoms with Crippen molar-refractivity contribution in [1.29, 1.82) is 0 Å². The van der Waals surface area contributed by atoms with Crippen molar-refractivity contribution in [3.63, 3.8) is 0 Å². The van der Waals surface area contributed by atoms with Gasteiger partial charge in [0.15, 0.2) is 7.85 Å². The first-order valence-corrected chi connectivity index (χ1v) is 16.4. The molecule has 0 aliphatic carbocycles. The molecule has 6 rings (SSSR count). The summed E-state index contributed by atoms with van der Waals surface area (Å²) in [5.41, 5.74) is 9.90. The third kappa shape index (κ3) is 5.41. The van der Waals surface area contributed by atoms with E-state index >= 15 is 0 Å². The van der Waals surface area contributed by atoms with Crippen LogP contribution in [-0.4, -0.2) is 20.7 Å². The van der Waals surface area contributed by atoms with E-state index in [0.717, 1.165) is 24.9 Å². The molecule has 0 atom stereocenters. The number of aromatic nitrogens is 1. The van der Waals surface area contributed by atoms with E-state index in [2.05, 4.69) is 127 Å². The number of benzene rings is 4. The summed E-state index contributed by atoms with van der Waals surface area (Å²) in [5, 5.41) is 8.26. The Balaban J connectivity index is 1.72. The molecule has 0 spiro atoms. The van der Waals surface area contributed by atoms with Gasteiger partial charge >= 0.3 is 0 Å². The van der Waals surface area contributed by atoms with Crippen LogP contribution in [0.1, 0.15) is 79.0 Å². The SMILES string of the molecule is Bc1nc2c3c(cc4cccc(CC(C)(C)C)c4c3c1B)Sc1c-2cc2cc(CC(C)(C)C)ccc2c1CC(C)(C)C. The van der Waals surface area contributed by atoms with E-state index in [-0.39, 0.29) is 16.2 Å². The molecule has 5 aromatic rings. The lowest BCUT2D eigenvalue weighted by molar-refractivity contribution is 0.410. The van der Waals surface area contributed by atoms with Gasteiger partial charge in [0.1, 0.15) is 7.85 Å². The number of fused-ring (bicyclic) bond motifs is 5. The Morgan fingerprint density at radius 2 is 1.38 bits per heavy atom. The third-order valence-corrected chi connectivity index (χ3v) is 9.75. The molecule has 1 aliphatic rings. The van der Waals surface area contributed by atoms with Crippen molar-refractivity contribution >= 4 is 70.8 Å². The van der Waals surface area contributed by atoms with E-state index in [1.165, 1.54) is 75.5 Å². The Morgan fingerprint density at radius 3 is 2.05 bits per heavy atom. The predicted octanol–water partition coefficient (Wildman–Crippen LogP) is 7.96. The smallest absolute Gasteiger partial charge is 0.163 e. The van der Waals surface area contributed by atoms with Gasteiger partial charge in [-0.3, -0.25) is 4.98 Å². The quantitative estimate of drug-likeness (QED) is 0.159. The van der Waals surface area contributed by atoms with E-state index in [1.807, 2.05) is 11.8 Å². The van der Waals surface area contributed by atoms with Crippen molar-refractivity contribution in [1.82, 2.24) is 4.98 Å². The average Bonchev–Trinajstić information content (AvgIpc) is 2.84. The summed E-state index contributed by atoms with van der Waals surface area (Å²) in [7, 11) is 4.49. The molecule has 0 bridgehead atoms. The van der Waals surface area contributed by atoms with Gasteiger partial charge < -0.3 is 0 Å². The maximum absolute atomic E-state index is 5.40. The van der Waals surface area contributed by atoms with Gasteiger partial charge in [0.25, 0.3) is 0 Å². The molecule has 4 heteroatoms. The Hall–Kier alpha value is -2.71. The second-order valence-corrected chi connectivity index (χ2v) is 17.5. The Morgan fingerprint density at radius 1 is 0.690 bits per heavy atom. The van der Waals surface area contributed by atoms with Crippen molar-refractivity contribution in [2.24, 2.45) is 16.2 Å². The first-order chi connectivity index (χ1) is 19.5. The molecular formula is C38H45B2NS. The van der Waals surface area contributed by atoms with Gasteiger partial charge in [0, 0.05) is 20.7 Å². The van der Waals surface area contributed by atoms with Crippen molar-refractivity contribution in [3.05, 3.63) is 65.2 Å². The fraction of sp³-hybridized carbons (Fsp3) is 0.395. The summed E-state index contributed by atoms with van der Waals surface area (Å²) in [5.74, 6) is 0. The minimum absolute atomic E-state index is 0.171. The molecule has 1 aliphatic heterocycles. The molecule has 0 radical (unpaired) electrons. The summed E-state index contributed by atoms with van der Waals surface area (Å²) >= 11 is 1.98. The van der Waals surface area contributed by atoms with Gasteiger partial charge in [0.2, 0.25) is 0 Å². The van der Waals surface area contributed by atoms with Crippen LogP contribution in [0, 0.1) is 16.2 Å². The summed E-state index contributed by atoms with van der Waals surface area (Å²) in [4.78, 5) is 8.15. The zero-order valence-corrected chi connectivity index (χ0v) is 28.4. The van der Waals surface area contributed by atoms with Crippen LogP contribution in [0.4, 0.5) is 0 Å². The lowest BCUT2D eigenvalue weighted by Crippen LogP contribution is -2.31. The van der Waals surface area contributed by atoms with Gasteiger partial charge in [-0.25, -0.2) is 0 Å². The zero-order valence-electron chi connectivity index (χ0n) is 27.6. The van der Waals surface area contributed by atoms with Crippen LogP contribution in [0.25, 0.3) is 43.6 Å². The van der Waals surface area contributed by atoms with Crippen LogP contribution in [0.5, 0.6) is 0 Å². The molecule has 42 heavy (non-hydrogen) atoms. The van der Waals surface area contributed by atoms with Crippen LogP contribution in [0.2, 0.25) is 0 Å². The molecule has 0 fully saturated rings. The van der Waals surface area contributed by atoms with Gasteiger partial charge in [-0.2, -0.15) is 0 Å². The minimum atomic E-state index is 0.171. The summed E-state index contributed by atoms with van der Waals surface area (Å²) in [6.07, 6.45) is 3.15. The number of nitrogens with zero attached hydrogens (tertiary/aromatic N) is 1. The van der Waals surface area contributed by atoms with E-state index in [9.17, 15) is 0 Å². The lowest BCUT2D eigenvalue weighted by atomic mass is 9.77. The molecule has 0 amide bonds. The van der Waals surface area contributed by atoms with E-state index in [4.69, 9.17) is 4.98 Å². The van der Waals surface area contributed by atoms with Crippen molar-refractivity contribution in [2.75, 3.05) is 0 Å². The lowest BCUT2D eigenvalue weighted by Gasteiger charge is -2.29. The fourth-order valence-corrected chi connectivity index (χ4v) is 8.22. The molecule has 214 valence electrons. The number of hydrogen-bond acceptors (Lipinski definition) is 2. The molecule has 0 unspecified atom stereocenters. The summed E-state index contributed by atoms with van der Waals surface area (Å²) < 4.78 is 0. The van der Waals surface area contributed by atoms with Gasteiger partial charge in [-0.1, -0.05) is 116 Å². The average molecular weight is 569 g/mol. The fourth-order valence-electron chi connectivity index (χ4n) is 6.94. The Bertz CT molecular complexity index is 1900. The predicted molar refractivity (Wildman–Crippen MR) is 192 cm³/mol. The number of rotatable bonds is 3. The van der Waals surface area contributed by atoms with Gasteiger partial charge in [-0.05, 0) is 96.9 Å². The second kappa shape index (κ2) is 9.91. The molecule has 1 aromatic heterocycles. The Labute approximate surface area is 259 Å². The highest BCUT2D eigenvalue weighted by Crippen LogP contribution is 2.52. The first kappa shape index (κ1) is 29.4. The highest BCUT2D eigenvalue weighted by atomic mass is 32.2. The van der Waals surface area contributed by atoms with E-state index in [1.54, 1.807) is 0 Å². The highest BCUT2D eigenvalue weighted by molar-refractivity contribution is 8.00. The number of pyridine rings is 1. The van der Waals surface area contributed by atoms with Crippen LogP contribution >= 0.6 is 11.8 Å². The van der Waals surface area contributed by atoms with Crippen LogP contribution in [-0.2, 0) is 19.3 Å². The maximum atomic E-state index is 5.40. The Kier molecular flexibility index (Phi) is 6.93. The normalized spacial score (nSPS) is 13.7. The minimum Gasteiger partial charge on any atom is -0.263 e. The standard InChI is InChI=1S/C38H45B2NS/c1-36(2,3)18-21-13-14-25-24(15-21)16-26-33-30-28(42-34(26)27(25)20-38(7,8)9)17-22-11-10-12-23(19-37(4,5)6)29(22)31(30)32(39)35(40)41-33/h10-17H,18-20,39-40H2,1-9H3. The molecule has 4 aromatic carbocycles. The maximum Gasteiger partial charge on any atom is 0.163 e. The van der Waals surface area contributed by atoms with Crippen molar-refractivity contribution < 1.29 is 0 Å². The molecule has 0 saturated heterocycles. The van der Waals surface area contributed by atoms with Crippen LogP contribution in [0.3, 0.4) is 0 Å². The third-order valence-electron chi connectivity index (χ3n) is 8.54. The van der Waals surface area contributed by atoms with Crippen molar-refractivity contribution in [3.8, 4) is 11.3 Å². The molecule has 0 N–H and O–H groups in total. The first-order valence-electron chi connectivity index (χ1n) is 15.6.